The molecule has 2 aromatic rings. The van der Waals surface area contributed by atoms with Crippen molar-refractivity contribution in [3.8, 4) is 11.1 Å². The summed E-state index contributed by atoms with van der Waals surface area (Å²) in [6.07, 6.45) is -2.17. The molecule has 0 fully saturated rings. The van der Waals surface area contributed by atoms with Crippen LogP contribution in [0.4, 0.5) is 18.9 Å². The minimum absolute atomic E-state index is 0.0689. The van der Waals surface area contributed by atoms with Crippen LogP contribution in [0.25, 0.3) is 11.1 Å². The van der Waals surface area contributed by atoms with Crippen molar-refractivity contribution >= 4 is 15.5 Å². The van der Waals surface area contributed by atoms with E-state index >= 15 is 0 Å². The summed E-state index contributed by atoms with van der Waals surface area (Å²) < 4.78 is 61.3. The Kier molecular flexibility index (Phi) is 6.26. The van der Waals surface area contributed by atoms with Gasteiger partial charge in [0.05, 0.1) is 11.1 Å². The van der Waals surface area contributed by atoms with Gasteiger partial charge in [0.2, 0.25) is 0 Å². The molecule has 0 aliphatic rings. The Bertz CT molecular complexity index is 954. The maximum absolute atomic E-state index is 12.6. The van der Waals surface area contributed by atoms with E-state index in [1.807, 2.05) is 0 Å². The first-order valence-electron chi connectivity index (χ1n) is 7.85. The molecule has 148 valence electrons. The third kappa shape index (κ3) is 5.54. The smallest absolute Gasteiger partial charge is 0.396 e. The van der Waals surface area contributed by atoms with E-state index in [1.54, 1.807) is 0 Å². The Morgan fingerprint density at radius 2 is 1.85 bits per heavy atom. The zero-order chi connectivity index (χ0) is 20.2. The number of anilines is 1. The second-order valence-electron chi connectivity index (χ2n) is 5.81. The molecule has 27 heavy (non-hydrogen) atoms. The van der Waals surface area contributed by atoms with Crippen LogP contribution in [0.2, 0.25) is 0 Å². The second kappa shape index (κ2) is 8.09. The molecule has 0 unspecified atom stereocenters. The van der Waals surface area contributed by atoms with Gasteiger partial charge in [-0.2, -0.15) is 18.3 Å². The molecule has 11 heteroatoms. The van der Waals surface area contributed by atoms with Crippen LogP contribution in [-0.4, -0.2) is 48.9 Å². The quantitative estimate of drug-likeness (QED) is 0.680. The van der Waals surface area contributed by atoms with E-state index in [9.17, 15) is 26.4 Å². The van der Waals surface area contributed by atoms with E-state index in [4.69, 9.17) is 5.11 Å². The Balaban J connectivity index is 2.51. The van der Waals surface area contributed by atoms with Crippen molar-refractivity contribution in [3.63, 3.8) is 0 Å². The maximum Gasteiger partial charge on any atom is 0.408 e. The van der Waals surface area contributed by atoms with Crippen LogP contribution in [-0.2, 0) is 16.4 Å². The van der Waals surface area contributed by atoms with E-state index in [0.717, 1.165) is 12.5 Å². The number of benzene rings is 1. The number of aliphatic hydroxyl groups excluding tert-OH is 1. The first-order valence-corrected chi connectivity index (χ1v) is 9.74. The van der Waals surface area contributed by atoms with Crippen LogP contribution < -0.4 is 10.9 Å². The van der Waals surface area contributed by atoms with Crippen LogP contribution in [0.1, 0.15) is 6.42 Å². The number of nitrogens with one attached hydrogen (secondary N) is 1. The number of hydrogen-bond donors (Lipinski definition) is 2. The summed E-state index contributed by atoms with van der Waals surface area (Å²) in [6.45, 7) is -1.53. The van der Waals surface area contributed by atoms with Gasteiger partial charge < -0.3 is 10.4 Å². The number of halogens is 3. The van der Waals surface area contributed by atoms with Gasteiger partial charge in [0.25, 0.3) is 5.56 Å². The standard InChI is InChI=1S/C16H18F3N3O4S/c1-27(25,26)12-5-3-11(4-6-12)13-9-21-22(10-16(17,18)19)15(24)14(13)20-7-2-8-23/h3-6,9,20,23H,2,7-8,10H2,1H3. The monoisotopic (exact) mass is 405 g/mol. The number of aliphatic hydroxyl groups is 1. The number of rotatable bonds is 7. The first kappa shape index (κ1) is 20.9. The van der Waals surface area contributed by atoms with E-state index in [-0.39, 0.29) is 35.7 Å². The topological polar surface area (TPSA) is 101 Å². The molecule has 0 atom stereocenters. The number of alkyl halides is 3. The number of aromatic nitrogens is 2. The van der Waals surface area contributed by atoms with Crippen molar-refractivity contribution in [2.24, 2.45) is 0 Å². The lowest BCUT2D eigenvalue weighted by atomic mass is 10.1. The molecule has 7 nitrogen and oxygen atoms in total. The Morgan fingerprint density at radius 3 is 2.37 bits per heavy atom. The Hall–Kier alpha value is -2.40. The molecule has 0 saturated carbocycles. The molecule has 2 rings (SSSR count). The van der Waals surface area contributed by atoms with Gasteiger partial charge in [-0.25, -0.2) is 13.1 Å². The van der Waals surface area contributed by atoms with Gasteiger partial charge in [-0.15, -0.1) is 0 Å². The van der Waals surface area contributed by atoms with Crippen molar-refractivity contribution in [1.82, 2.24) is 9.78 Å². The van der Waals surface area contributed by atoms with Gasteiger partial charge in [0.15, 0.2) is 9.84 Å². The summed E-state index contributed by atoms with van der Waals surface area (Å²) in [6, 6.07) is 5.56. The van der Waals surface area contributed by atoms with Gasteiger partial charge in [0.1, 0.15) is 12.2 Å². The summed E-state index contributed by atoms with van der Waals surface area (Å²) in [4.78, 5) is 12.5. The average molecular weight is 405 g/mol. The maximum atomic E-state index is 12.6. The molecular formula is C16H18F3N3O4S. The second-order valence-corrected chi connectivity index (χ2v) is 7.83. The fourth-order valence-electron chi connectivity index (χ4n) is 2.33. The Morgan fingerprint density at radius 1 is 1.22 bits per heavy atom. The van der Waals surface area contributed by atoms with E-state index in [0.29, 0.717) is 10.2 Å². The highest BCUT2D eigenvalue weighted by Gasteiger charge is 2.30. The highest BCUT2D eigenvalue weighted by Crippen LogP contribution is 2.26. The molecule has 0 bridgehead atoms. The predicted octanol–water partition coefficient (Wildman–Crippen LogP) is 1.67. The SMILES string of the molecule is CS(=O)(=O)c1ccc(-c2cnn(CC(F)(F)F)c(=O)c2NCCCO)cc1. The third-order valence-corrected chi connectivity index (χ3v) is 4.73. The molecule has 0 saturated heterocycles. The van der Waals surface area contributed by atoms with Crippen molar-refractivity contribution in [1.29, 1.82) is 0 Å². The Labute approximate surface area is 153 Å². The van der Waals surface area contributed by atoms with E-state index in [1.165, 1.54) is 24.3 Å². The van der Waals surface area contributed by atoms with E-state index < -0.39 is 28.1 Å². The van der Waals surface area contributed by atoms with Gasteiger partial charge in [-0.3, -0.25) is 4.79 Å². The van der Waals surface area contributed by atoms with E-state index in [2.05, 4.69) is 10.4 Å². The van der Waals surface area contributed by atoms with Crippen LogP contribution in [0.5, 0.6) is 0 Å². The molecular weight excluding hydrogens is 387 g/mol. The molecule has 0 aliphatic heterocycles. The minimum Gasteiger partial charge on any atom is -0.396 e. The number of nitrogens with zero attached hydrogens (tertiary/aromatic N) is 2. The van der Waals surface area contributed by atoms with Crippen molar-refractivity contribution < 1.29 is 26.7 Å². The zero-order valence-corrected chi connectivity index (χ0v) is 15.1. The van der Waals surface area contributed by atoms with Crippen LogP contribution >= 0.6 is 0 Å². The molecule has 2 N–H and O–H groups in total. The number of sulfone groups is 1. The molecule has 1 aromatic carbocycles. The lowest BCUT2D eigenvalue weighted by Gasteiger charge is -2.15. The average Bonchev–Trinajstić information content (AvgIpc) is 2.56. The van der Waals surface area contributed by atoms with Crippen LogP contribution in [0.3, 0.4) is 0 Å². The van der Waals surface area contributed by atoms with Crippen LogP contribution in [0, 0.1) is 0 Å². The predicted molar refractivity (Wildman–Crippen MR) is 93.3 cm³/mol. The first-order chi connectivity index (χ1) is 12.5. The highest BCUT2D eigenvalue weighted by atomic mass is 32.2. The summed E-state index contributed by atoms with van der Waals surface area (Å²) in [5.41, 5.74) is -0.418. The summed E-state index contributed by atoms with van der Waals surface area (Å²) in [5, 5.41) is 15.2. The largest absolute Gasteiger partial charge is 0.408 e. The molecule has 0 spiro atoms. The van der Waals surface area contributed by atoms with Crippen LogP contribution in [0.15, 0.2) is 40.2 Å². The zero-order valence-electron chi connectivity index (χ0n) is 14.3. The minimum atomic E-state index is -4.61. The van der Waals surface area contributed by atoms with Gasteiger partial charge in [-0.1, -0.05) is 12.1 Å². The summed E-state index contributed by atoms with van der Waals surface area (Å²) in [5.74, 6) is 0. The molecule has 0 aliphatic carbocycles. The highest BCUT2D eigenvalue weighted by molar-refractivity contribution is 7.90. The summed E-state index contributed by atoms with van der Waals surface area (Å²) in [7, 11) is -3.41. The third-order valence-electron chi connectivity index (χ3n) is 3.60. The van der Waals surface area contributed by atoms with Crippen molar-refractivity contribution in [2.45, 2.75) is 24.0 Å². The molecule has 0 radical (unpaired) electrons. The van der Waals surface area contributed by atoms with Crippen molar-refractivity contribution in [3.05, 3.63) is 40.8 Å². The fourth-order valence-corrected chi connectivity index (χ4v) is 2.97. The van der Waals surface area contributed by atoms with Gasteiger partial charge in [0, 0.05) is 25.0 Å². The van der Waals surface area contributed by atoms with Crippen molar-refractivity contribution in [2.75, 3.05) is 24.7 Å². The molecule has 0 amide bonds. The number of hydrogen-bond acceptors (Lipinski definition) is 6. The van der Waals surface area contributed by atoms with Gasteiger partial charge in [-0.05, 0) is 24.1 Å². The normalized spacial score (nSPS) is 12.2. The lowest BCUT2D eigenvalue weighted by molar-refractivity contribution is -0.143. The molecule has 1 heterocycles. The lowest BCUT2D eigenvalue weighted by Crippen LogP contribution is -2.32. The van der Waals surface area contributed by atoms with Gasteiger partial charge >= 0.3 is 6.18 Å². The molecule has 1 aromatic heterocycles. The fraction of sp³-hybridized carbons (Fsp3) is 0.375. The summed E-state index contributed by atoms with van der Waals surface area (Å²) >= 11 is 0.